The highest BCUT2D eigenvalue weighted by atomic mass is 35.5. The van der Waals surface area contributed by atoms with E-state index in [1.807, 2.05) is 32.3 Å². The SMILES string of the molecule is CNC(=Nc1cc(Cl)ccc1N1CCOCC1)NC. The number of morpholine rings is 1. The fourth-order valence-corrected chi connectivity index (χ4v) is 2.18. The highest BCUT2D eigenvalue weighted by Gasteiger charge is 2.15. The molecule has 6 heteroatoms. The van der Waals surface area contributed by atoms with Crippen molar-refractivity contribution in [3.05, 3.63) is 23.2 Å². The van der Waals surface area contributed by atoms with E-state index in [-0.39, 0.29) is 0 Å². The van der Waals surface area contributed by atoms with Crippen molar-refractivity contribution in [1.29, 1.82) is 0 Å². The Morgan fingerprint density at radius 1 is 1.26 bits per heavy atom. The van der Waals surface area contributed by atoms with E-state index >= 15 is 0 Å². The molecule has 0 saturated carbocycles. The minimum absolute atomic E-state index is 0.683. The molecule has 1 saturated heterocycles. The van der Waals surface area contributed by atoms with Crippen molar-refractivity contribution >= 4 is 28.9 Å². The van der Waals surface area contributed by atoms with E-state index in [4.69, 9.17) is 16.3 Å². The van der Waals surface area contributed by atoms with Crippen LogP contribution in [0.3, 0.4) is 0 Å². The first-order valence-corrected chi connectivity index (χ1v) is 6.69. The Morgan fingerprint density at radius 2 is 1.95 bits per heavy atom. The summed E-state index contributed by atoms with van der Waals surface area (Å²) in [6.07, 6.45) is 0. The Morgan fingerprint density at radius 3 is 2.58 bits per heavy atom. The molecule has 1 fully saturated rings. The molecule has 19 heavy (non-hydrogen) atoms. The maximum Gasteiger partial charge on any atom is 0.196 e. The van der Waals surface area contributed by atoms with Crippen molar-refractivity contribution in [3.8, 4) is 0 Å². The molecule has 2 rings (SSSR count). The molecule has 0 spiro atoms. The van der Waals surface area contributed by atoms with Crippen molar-refractivity contribution in [2.75, 3.05) is 45.3 Å². The van der Waals surface area contributed by atoms with Gasteiger partial charge in [-0.05, 0) is 18.2 Å². The zero-order chi connectivity index (χ0) is 13.7. The summed E-state index contributed by atoms with van der Waals surface area (Å²) in [5.41, 5.74) is 1.93. The number of aliphatic imine (C=N–C) groups is 1. The molecule has 5 nitrogen and oxygen atoms in total. The van der Waals surface area contributed by atoms with E-state index in [1.165, 1.54) is 0 Å². The minimum atomic E-state index is 0.683. The fourth-order valence-electron chi connectivity index (χ4n) is 2.02. The predicted octanol–water partition coefficient (Wildman–Crippen LogP) is 1.60. The van der Waals surface area contributed by atoms with Gasteiger partial charge in [-0.2, -0.15) is 0 Å². The summed E-state index contributed by atoms with van der Waals surface area (Å²) < 4.78 is 5.38. The van der Waals surface area contributed by atoms with Gasteiger partial charge >= 0.3 is 0 Å². The number of hydrogen-bond acceptors (Lipinski definition) is 3. The van der Waals surface area contributed by atoms with Crippen molar-refractivity contribution in [2.45, 2.75) is 0 Å². The third kappa shape index (κ3) is 3.52. The van der Waals surface area contributed by atoms with Crippen LogP contribution in [0.1, 0.15) is 0 Å². The molecule has 1 heterocycles. The Bertz CT molecular complexity index is 452. The van der Waals surface area contributed by atoms with Gasteiger partial charge in [-0.1, -0.05) is 11.6 Å². The molecule has 1 aliphatic heterocycles. The van der Waals surface area contributed by atoms with Gasteiger partial charge in [-0.3, -0.25) is 0 Å². The molecular weight excluding hydrogens is 264 g/mol. The lowest BCUT2D eigenvalue weighted by molar-refractivity contribution is 0.123. The van der Waals surface area contributed by atoms with Gasteiger partial charge in [0.25, 0.3) is 0 Å². The number of nitrogens with zero attached hydrogens (tertiary/aromatic N) is 2. The second kappa shape index (κ2) is 6.63. The molecule has 0 unspecified atom stereocenters. The Balaban J connectivity index is 2.34. The zero-order valence-electron chi connectivity index (χ0n) is 11.2. The summed E-state index contributed by atoms with van der Waals surface area (Å²) in [7, 11) is 3.66. The summed E-state index contributed by atoms with van der Waals surface area (Å²) >= 11 is 6.07. The van der Waals surface area contributed by atoms with Gasteiger partial charge in [0.15, 0.2) is 5.96 Å². The molecule has 1 aromatic carbocycles. The molecule has 0 amide bonds. The smallest absolute Gasteiger partial charge is 0.196 e. The Labute approximate surface area is 118 Å². The Hall–Kier alpha value is -1.46. The first-order chi connectivity index (χ1) is 9.24. The van der Waals surface area contributed by atoms with Crippen LogP contribution in [-0.2, 0) is 4.74 Å². The van der Waals surface area contributed by atoms with Gasteiger partial charge in [-0.25, -0.2) is 4.99 Å². The highest BCUT2D eigenvalue weighted by Crippen LogP contribution is 2.32. The molecule has 1 aliphatic rings. The van der Waals surface area contributed by atoms with Crippen molar-refractivity contribution in [2.24, 2.45) is 4.99 Å². The average Bonchev–Trinajstić information content (AvgIpc) is 2.46. The molecule has 0 aliphatic carbocycles. The number of benzene rings is 1. The maximum absolute atomic E-state index is 6.07. The number of anilines is 1. The first-order valence-electron chi connectivity index (χ1n) is 6.31. The molecule has 104 valence electrons. The van der Waals surface area contributed by atoms with Gasteiger partial charge in [0.2, 0.25) is 0 Å². The molecule has 0 aromatic heterocycles. The van der Waals surface area contributed by atoms with E-state index in [1.54, 1.807) is 0 Å². The maximum atomic E-state index is 6.07. The summed E-state index contributed by atoms with van der Waals surface area (Å²) in [5, 5.41) is 6.69. The Kier molecular flexibility index (Phi) is 4.87. The van der Waals surface area contributed by atoms with Crippen molar-refractivity contribution < 1.29 is 4.74 Å². The van der Waals surface area contributed by atoms with Crippen LogP contribution in [0.15, 0.2) is 23.2 Å². The molecule has 0 atom stereocenters. The van der Waals surface area contributed by atoms with Crippen LogP contribution in [0.4, 0.5) is 11.4 Å². The van der Waals surface area contributed by atoms with Crippen LogP contribution >= 0.6 is 11.6 Å². The van der Waals surface area contributed by atoms with E-state index in [2.05, 4.69) is 20.5 Å². The van der Waals surface area contributed by atoms with E-state index < -0.39 is 0 Å². The molecule has 2 N–H and O–H groups in total. The van der Waals surface area contributed by atoms with Gasteiger partial charge in [0.1, 0.15) is 0 Å². The largest absolute Gasteiger partial charge is 0.378 e. The van der Waals surface area contributed by atoms with Gasteiger partial charge in [-0.15, -0.1) is 0 Å². The van der Waals surface area contributed by atoms with Crippen LogP contribution < -0.4 is 15.5 Å². The second-order valence-electron chi connectivity index (χ2n) is 4.19. The lowest BCUT2D eigenvalue weighted by Gasteiger charge is -2.29. The summed E-state index contributed by atoms with van der Waals surface area (Å²) in [6, 6.07) is 5.78. The summed E-state index contributed by atoms with van der Waals surface area (Å²) in [6.45, 7) is 3.24. The number of ether oxygens (including phenoxy) is 1. The van der Waals surface area contributed by atoms with Crippen LogP contribution in [0.2, 0.25) is 5.02 Å². The van der Waals surface area contributed by atoms with Gasteiger partial charge in [0.05, 0.1) is 24.6 Å². The van der Waals surface area contributed by atoms with Crippen molar-refractivity contribution in [3.63, 3.8) is 0 Å². The number of nitrogens with one attached hydrogen (secondary N) is 2. The molecule has 0 bridgehead atoms. The van der Waals surface area contributed by atoms with Gasteiger partial charge in [0, 0.05) is 32.2 Å². The number of halogens is 1. The second-order valence-corrected chi connectivity index (χ2v) is 4.63. The van der Waals surface area contributed by atoms with Crippen LogP contribution in [0.25, 0.3) is 0 Å². The molecule has 1 aromatic rings. The monoisotopic (exact) mass is 282 g/mol. The lowest BCUT2D eigenvalue weighted by Crippen LogP contribution is -2.36. The van der Waals surface area contributed by atoms with Crippen LogP contribution in [0.5, 0.6) is 0 Å². The van der Waals surface area contributed by atoms with Crippen LogP contribution in [0, 0.1) is 0 Å². The quantitative estimate of drug-likeness (QED) is 0.639. The third-order valence-electron chi connectivity index (χ3n) is 3.00. The normalized spacial score (nSPS) is 15.0. The number of rotatable bonds is 2. The lowest BCUT2D eigenvalue weighted by atomic mass is 10.2. The first kappa shape index (κ1) is 14.0. The molecule has 0 radical (unpaired) electrons. The van der Waals surface area contributed by atoms with E-state index in [9.17, 15) is 0 Å². The average molecular weight is 283 g/mol. The topological polar surface area (TPSA) is 48.9 Å². The van der Waals surface area contributed by atoms with E-state index in [0.29, 0.717) is 11.0 Å². The zero-order valence-corrected chi connectivity index (χ0v) is 12.0. The van der Waals surface area contributed by atoms with Gasteiger partial charge < -0.3 is 20.3 Å². The summed E-state index contributed by atoms with van der Waals surface area (Å²) in [4.78, 5) is 6.82. The molecular formula is C13H19ClN4O. The predicted molar refractivity (Wildman–Crippen MR) is 79.7 cm³/mol. The summed E-state index contributed by atoms with van der Waals surface area (Å²) in [5.74, 6) is 0.705. The van der Waals surface area contributed by atoms with E-state index in [0.717, 1.165) is 37.7 Å². The number of hydrogen-bond donors (Lipinski definition) is 2. The fraction of sp³-hybridized carbons (Fsp3) is 0.462. The minimum Gasteiger partial charge on any atom is -0.378 e. The van der Waals surface area contributed by atoms with Crippen LogP contribution in [-0.4, -0.2) is 46.4 Å². The standard InChI is InChI=1S/C13H19ClN4O/c1-15-13(16-2)17-11-9-10(14)3-4-12(11)18-5-7-19-8-6-18/h3-4,9H,5-8H2,1-2H3,(H2,15,16,17). The van der Waals surface area contributed by atoms with Crippen molar-refractivity contribution in [1.82, 2.24) is 10.6 Å². The third-order valence-corrected chi connectivity index (χ3v) is 3.23. The highest BCUT2D eigenvalue weighted by molar-refractivity contribution is 6.31. The number of guanidine groups is 1.